The van der Waals surface area contributed by atoms with E-state index in [1.807, 2.05) is 23.1 Å². The van der Waals surface area contributed by atoms with Crippen LogP contribution in [-0.2, 0) is 0 Å². The van der Waals surface area contributed by atoms with E-state index < -0.39 is 10.8 Å². The monoisotopic (exact) mass is 370 g/mol. The van der Waals surface area contributed by atoms with Crippen LogP contribution in [0.5, 0.6) is 0 Å². The Bertz CT molecular complexity index is 820. The molecule has 1 saturated heterocycles. The summed E-state index contributed by atoms with van der Waals surface area (Å²) in [7, 11) is 0. The van der Waals surface area contributed by atoms with Gasteiger partial charge in [0.15, 0.2) is 5.11 Å². The minimum absolute atomic E-state index is 0.125. The van der Waals surface area contributed by atoms with Crippen molar-refractivity contribution in [1.82, 2.24) is 10.2 Å². The molecule has 1 amide bonds. The largest absolute Gasteiger partial charge is 0.368 e. The van der Waals surface area contributed by atoms with Crippen LogP contribution in [0.1, 0.15) is 10.4 Å². The first-order valence-electron chi connectivity index (χ1n) is 8.19. The molecule has 2 aromatic rings. The average Bonchev–Trinajstić information content (AvgIpc) is 2.68. The van der Waals surface area contributed by atoms with E-state index in [2.05, 4.69) is 22.3 Å². The molecular weight excluding hydrogens is 352 g/mol. The third-order valence-corrected chi connectivity index (χ3v) is 4.59. The molecule has 0 spiro atoms. The van der Waals surface area contributed by atoms with Crippen LogP contribution in [-0.4, -0.2) is 47.0 Å². The van der Waals surface area contributed by atoms with Crippen molar-refractivity contribution in [3.05, 3.63) is 70.3 Å². The molecule has 3 rings (SSSR count). The quantitative estimate of drug-likeness (QED) is 0.508. The van der Waals surface area contributed by atoms with E-state index in [-0.39, 0.29) is 11.3 Å². The number of piperazine rings is 1. The number of nitrogens with zero attached hydrogens (tertiary/aromatic N) is 3. The Morgan fingerprint density at radius 1 is 1.04 bits per heavy atom. The normalized spacial score (nSPS) is 14.0. The number of carbonyl (C=O) groups excluding carboxylic acids is 1. The van der Waals surface area contributed by atoms with Crippen LogP contribution in [0, 0.1) is 10.1 Å². The highest BCUT2D eigenvalue weighted by Crippen LogP contribution is 2.16. The minimum Gasteiger partial charge on any atom is -0.368 e. The van der Waals surface area contributed by atoms with Gasteiger partial charge in [0.2, 0.25) is 0 Å². The highest BCUT2D eigenvalue weighted by atomic mass is 32.1. The second kappa shape index (κ2) is 7.92. The molecule has 1 fully saturated rings. The standard InChI is InChI=1S/C18H18N4O3S/c23-17(14-5-4-8-16(13-14)22(24)25)19-18(26)21-11-9-20(10-12-21)15-6-2-1-3-7-15/h1-8,13H,9-12H2,(H,19,23,26). The smallest absolute Gasteiger partial charge is 0.270 e. The fraction of sp³-hybridized carbons (Fsp3) is 0.222. The number of nitro benzene ring substituents is 1. The number of carbonyl (C=O) groups is 1. The summed E-state index contributed by atoms with van der Waals surface area (Å²) < 4.78 is 0. The van der Waals surface area contributed by atoms with Gasteiger partial charge < -0.3 is 9.80 Å². The van der Waals surface area contributed by atoms with Crippen molar-refractivity contribution in [1.29, 1.82) is 0 Å². The fourth-order valence-electron chi connectivity index (χ4n) is 2.82. The number of thiocarbonyl (C=S) groups is 1. The van der Waals surface area contributed by atoms with E-state index in [9.17, 15) is 14.9 Å². The number of hydrogen-bond acceptors (Lipinski definition) is 5. The lowest BCUT2D eigenvalue weighted by Crippen LogP contribution is -2.52. The maximum atomic E-state index is 12.3. The third-order valence-electron chi connectivity index (χ3n) is 4.23. The van der Waals surface area contributed by atoms with Crippen LogP contribution in [0.2, 0.25) is 0 Å². The van der Waals surface area contributed by atoms with Gasteiger partial charge in [0.1, 0.15) is 0 Å². The van der Waals surface area contributed by atoms with E-state index in [1.54, 1.807) is 0 Å². The van der Waals surface area contributed by atoms with Gasteiger partial charge in [0.25, 0.3) is 11.6 Å². The molecule has 8 heteroatoms. The van der Waals surface area contributed by atoms with Gasteiger partial charge in [-0.1, -0.05) is 24.3 Å². The Kier molecular flexibility index (Phi) is 5.43. The molecular formula is C18H18N4O3S. The Morgan fingerprint density at radius 2 is 1.73 bits per heavy atom. The topological polar surface area (TPSA) is 78.7 Å². The van der Waals surface area contributed by atoms with Gasteiger partial charge in [-0.3, -0.25) is 20.2 Å². The van der Waals surface area contributed by atoms with Crippen molar-refractivity contribution in [2.75, 3.05) is 31.1 Å². The maximum Gasteiger partial charge on any atom is 0.270 e. The molecule has 2 aromatic carbocycles. The SMILES string of the molecule is O=C(NC(=S)N1CCN(c2ccccc2)CC1)c1cccc([N+](=O)[O-])c1. The Hall–Kier alpha value is -3.00. The molecule has 0 radical (unpaired) electrons. The number of rotatable bonds is 3. The van der Waals surface area contributed by atoms with Crippen LogP contribution >= 0.6 is 12.2 Å². The minimum atomic E-state index is -0.530. The molecule has 1 N–H and O–H groups in total. The number of para-hydroxylation sites is 1. The molecule has 26 heavy (non-hydrogen) atoms. The molecule has 0 unspecified atom stereocenters. The van der Waals surface area contributed by atoms with Gasteiger partial charge in [-0.05, 0) is 30.4 Å². The molecule has 0 aliphatic carbocycles. The number of benzene rings is 2. The molecule has 1 aliphatic heterocycles. The molecule has 134 valence electrons. The Balaban J connectivity index is 1.56. The first-order chi connectivity index (χ1) is 12.5. The van der Waals surface area contributed by atoms with E-state index in [0.717, 1.165) is 13.1 Å². The highest BCUT2D eigenvalue weighted by Gasteiger charge is 2.21. The molecule has 1 aliphatic rings. The zero-order valence-electron chi connectivity index (χ0n) is 14.0. The molecule has 0 aromatic heterocycles. The van der Waals surface area contributed by atoms with Gasteiger partial charge in [0, 0.05) is 49.6 Å². The van der Waals surface area contributed by atoms with Gasteiger partial charge in [-0.25, -0.2) is 0 Å². The number of anilines is 1. The zero-order valence-corrected chi connectivity index (χ0v) is 14.8. The predicted octanol–water partition coefficient (Wildman–Crippen LogP) is 2.43. The van der Waals surface area contributed by atoms with Gasteiger partial charge in [-0.2, -0.15) is 0 Å². The Labute approximate surface area is 156 Å². The number of hydrogen-bond donors (Lipinski definition) is 1. The predicted molar refractivity (Wildman–Crippen MR) is 103 cm³/mol. The van der Waals surface area contributed by atoms with Crippen molar-refractivity contribution in [2.45, 2.75) is 0 Å². The van der Waals surface area contributed by atoms with Crippen LogP contribution in [0.3, 0.4) is 0 Å². The Morgan fingerprint density at radius 3 is 2.38 bits per heavy atom. The zero-order chi connectivity index (χ0) is 18.5. The summed E-state index contributed by atoms with van der Waals surface area (Å²) in [4.78, 5) is 26.8. The van der Waals surface area contributed by atoms with Crippen LogP contribution in [0.25, 0.3) is 0 Å². The van der Waals surface area contributed by atoms with E-state index in [0.29, 0.717) is 18.2 Å². The fourth-order valence-corrected chi connectivity index (χ4v) is 3.09. The van der Waals surface area contributed by atoms with Gasteiger partial charge in [-0.15, -0.1) is 0 Å². The lowest BCUT2D eigenvalue weighted by molar-refractivity contribution is -0.384. The summed E-state index contributed by atoms with van der Waals surface area (Å²) in [5.41, 5.74) is 1.25. The third kappa shape index (κ3) is 4.15. The second-order valence-electron chi connectivity index (χ2n) is 5.88. The van der Waals surface area contributed by atoms with Crippen LogP contribution in [0.15, 0.2) is 54.6 Å². The first-order valence-corrected chi connectivity index (χ1v) is 8.60. The average molecular weight is 370 g/mol. The summed E-state index contributed by atoms with van der Waals surface area (Å²) in [6, 6.07) is 15.7. The van der Waals surface area contributed by atoms with E-state index in [1.165, 1.54) is 30.0 Å². The highest BCUT2D eigenvalue weighted by molar-refractivity contribution is 7.80. The summed E-state index contributed by atoms with van der Waals surface area (Å²) >= 11 is 5.33. The summed E-state index contributed by atoms with van der Waals surface area (Å²) in [6.45, 7) is 3.00. The molecule has 1 heterocycles. The van der Waals surface area contributed by atoms with Gasteiger partial charge in [0.05, 0.1) is 4.92 Å². The number of nitro groups is 1. The van der Waals surface area contributed by atoms with Crippen LogP contribution < -0.4 is 10.2 Å². The van der Waals surface area contributed by atoms with Crippen molar-refractivity contribution in [3.8, 4) is 0 Å². The summed E-state index contributed by atoms with van der Waals surface area (Å²) in [5.74, 6) is -0.441. The summed E-state index contributed by atoms with van der Waals surface area (Å²) in [6.07, 6.45) is 0. The number of amides is 1. The molecule has 0 atom stereocenters. The van der Waals surface area contributed by atoms with Crippen molar-refractivity contribution in [2.24, 2.45) is 0 Å². The van der Waals surface area contributed by atoms with E-state index >= 15 is 0 Å². The van der Waals surface area contributed by atoms with Gasteiger partial charge >= 0.3 is 0 Å². The maximum absolute atomic E-state index is 12.3. The van der Waals surface area contributed by atoms with E-state index in [4.69, 9.17) is 12.2 Å². The summed E-state index contributed by atoms with van der Waals surface area (Å²) in [5, 5.41) is 13.8. The molecule has 7 nitrogen and oxygen atoms in total. The number of nitrogens with one attached hydrogen (secondary N) is 1. The number of non-ortho nitro benzene ring substituents is 1. The van der Waals surface area contributed by atoms with Crippen molar-refractivity contribution < 1.29 is 9.72 Å². The van der Waals surface area contributed by atoms with Crippen molar-refractivity contribution >= 4 is 34.6 Å². The van der Waals surface area contributed by atoms with Crippen LogP contribution in [0.4, 0.5) is 11.4 Å². The molecule has 0 bridgehead atoms. The molecule has 0 saturated carbocycles. The van der Waals surface area contributed by atoms with Crippen molar-refractivity contribution in [3.63, 3.8) is 0 Å². The first kappa shape index (κ1) is 17.8. The lowest BCUT2D eigenvalue weighted by Gasteiger charge is -2.37. The second-order valence-corrected chi connectivity index (χ2v) is 6.26. The lowest BCUT2D eigenvalue weighted by atomic mass is 10.2.